The summed E-state index contributed by atoms with van der Waals surface area (Å²) in [5.74, 6) is -0.914. The summed E-state index contributed by atoms with van der Waals surface area (Å²) in [5, 5.41) is 9.94. The molecular formula is C11H7NO2S. The molecule has 2 aromatic heterocycles. The van der Waals surface area contributed by atoms with Crippen LogP contribution in [0.1, 0.15) is 10.5 Å². The highest BCUT2D eigenvalue weighted by Crippen LogP contribution is 2.33. The Morgan fingerprint density at radius 2 is 2.07 bits per heavy atom. The van der Waals surface area contributed by atoms with Crippen LogP contribution in [0.2, 0.25) is 0 Å². The van der Waals surface area contributed by atoms with Crippen molar-refractivity contribution in [2.75, 3.05) is 0 Å². The number of hydrogen-bond acceptors (Lipinski definition) is 2. The summed E-state index contributed by atoms with van der Waals surface area (Å²) in [6.45, 7) is 0. The third-order valence-corrected chi connectivity index (χ3v) is 3.51. The van der Waals surface area contributed by atoms with E-state index < -0.39 is 5.97 Å². The maximum absolute atomic E-state index is 10.8. The van der Waals surface area contributed by atoms with Crippen LogP contribution in [0.5, 0.6) is 0 Å². The van der Waals surface area contributed by atoms with E-state index in [-0.39, 0.29) is 5.69 Å². The molecule has 0 radical (unpaired) electrons. The zero-order valence-electron chi connectivity index (χ0n) is 7.65. The molecule has 0 saturated heterocycles. The van der Waals surface area contributed by atoms with Crippen molar-refractivity contribution in [3.63, 3.8) is 0 Å². The minimum absolute atomic E-state index is 0.252. The van der Waals surface area contributed by atoms with Gasteiger partial charge in [-0.25, -0.2) is 4.79 Å². The Labute approximate surface area is 89.0 Å². The quantitative estimate of drug-likeness (QED) is 0.658. The molecule has 2 N–H and O–H groups in total. The van der Waals surface area contributed by atoms with Crippen molar-refractivity contribution in [1.29, 1.82) is 0 Å². The molecule has 0 aliphatic carbocycles. The van der Waals surface area contributed by atoms with Gasteiger partial charge in [-0.3, -0.25) is 0 Å². The zero-order valence-corrected chi connectivity index (χ0v) is 8.47. The van der Waals surface area contributed by atoms with Gasteiger partial charge in [-0.05, 0) is 12.1 Å². The van der Waals surface area contributed by atoms with Gasteiger partial charge in [0.05, 0.1) is 10.2 Å². The number of aromatic carboxylic acids is 1. The van der Waals surface area contributed by atoms with E-state index in [0.29, 0.717) is 0 Å². The summed E-state index contributed by atoms with van der Waals surface area (Å²) in [5.41, 5.74) is 1.18. The van der Waals surface area contributed by atoms with Gasteiger partial charge in [0.15, 0.2) is 0 Å². The molecule has 2 heterocycles. The van der Waals surface area contributed by atoms with Gasteiger partial charge < -0.3 is 10.1 Å². The molecule has 3 nitrogen and oxygen atoms in total. The van der Waals surface area contributed by atoms with E-state index in [1.54, 1.807) is 17.4 Å². The molecule has 15 heavy (non-hydrogen) atoms. The van der Waals surface area contributed by atoms with Crippen molar-refractivity contribution in [3.8, 4) is 0 Å². The fraction of sp³-hybridized carbons (Fsp3) is 0. The Balaban J connectivity index is 2.42. The smallest absolute Gasteiger partial charge is 0.352 e. The van der Waals surface area contributed by atoms with Crippen LogP contribution in [0, 0.1) is 0 Å². The second-order valence-electron chi connectivity index (χ2n) is 3.33. The van der Waals surface area contributed by atoms with Crippen LogP contribution in [-0.2, 0) is 0 Å². The maximum Gasteiger partial charge on any atom is 0.352 e. The first-order chi connectivity index (χ1) is 7.25. The molecule has 0 bridgehead atoms. The lowest BCUT2D eigenvalue weighted by Gasteiger charge is -1.88. The third kappa shape index (κ3) is 1.15. The van der Waals surface area contributed by atoms with Gasteiger partial charge in [0.25, 0.3) is 0 Å². The van der Waals surface area contributed by atoms with Crippen LogP contribution >= 0.6 is 11.3 Å². The summed E-state index contributed by atoms with van der Waals surface area (Å²) in [6.07, 6.45) is 0. The molecule has 74 valence electrons. The Morgan fingerprint density at radius 3 is 2.87 bits per heavy atom. The second kappa shape index (κ2) is 2.84. The van der Waals surface area contributed by atoms with E-state index in [2.05, 4.69) is 4.98 Å². The second-order valence-corrected chi connectivity index (χ2v) is 4.41. The Hall–Kier alpha value is -1.81. The van der Waals surface area contributed by atoms with E-state index in [4.69, 9.17) is 5.11 Å². The average Bonchev–Trinajstić information content (AvgIpc) is 2.73. The summed E-state index contributed by atoms with van der Waals surface area (Å²) < 4.78 is 2.17. The average molecular weight is 217 g/mol. The minimum Gasteiger partial charge on any atom is -0.477 e. The summed E-state index contributed by atoms with van der Waals surface area (Å²) >= 11 is 1.61. The lowest BCUT2D eigenvalue weighted by molar-refractivity contribution is 0.0691. The Morgan fingerprint density at radius 1 is 1.27 bits per heavy atom. The number of carbonyl (C=O) groups is 1. The van der Waals surface area contributed by atoms with Gasteiger partial charge in [-0.15, -0.1) is 11.3 Å². The molecule has 0 fully saturated rings. The first-order valence-corrected chi connectivity index (χ1v) is 5.31. The first kappa shape index (κ1) is 8.49. The fourth-order valence-electron chi connectivity index (χ4n) is 1.71. The predicted octanol–water partition coefficient (Wildman–Crippen LogP) is 3.08. The van der Waals surface area contributed by atoms with Crippen molar-refractivity contribution >= 4 is 37.6 Å². The summed E-state index contributed by atoms with van der Waals surface area (Å²) in [6, 6.07) is 9.65. The van der Waals surface area contributed by atoms with Crippen LogP contribution < -0.4 is 0 Å². The van der Waals surface area contributed by atoms with E-state index >= 15 is 0 Å². The van der Waals surface area contributed by atoms with Gasteiger partial charge in [0.2, 0.25) is 0 Å². The molecular weight excluding hydrogens is 210 g/mol. The van der Waals surface area contributed by atoms with Gasteiger partial charge in [0.1, 0.15) is 5.69 Å². The lowest BCUT2D eigenvalue weighted by Crippen LogP contribution is -1.94. The largest absolute Gasteiger partial charge is 0.477 e. The Bertz CT molecular complexity index is 665. The highest BCUT2D eigenvalue weighted by molar-refractivity contribution is 7.25. The van der Waals surface area contributed by atoms with Crippen molar-refractivity contribution in [2.45, 2.75) is 0 Å². The number of hydrogen-bond donors (Lipinski definition) is 2. The third-order valence-electron chi connectivity index (χ3n) is 2.39. The Kier molecular flexibility index (Phi) is 1.61. The topological polar surface area (TPSA) is 53.1 Å². The van der Waals surface area contributed by atoms with E-state index in [0.717, 1.165) is 15.6 Å². The molecule has 0 unspecified atom stereocenters. The number of rotatable bonds is 1. The van der Waals surface area contributed by atoms with E-state index in [1.165, 1.54) is 4.70 Å². The lowest BCUT2D eigenvalue weighted by atomic mass is 10.2. The molecule has 4 heteroatoms. The SMILES string of the molecule is O=C(O)c1cc2sc3ccccc3c2[nH]1. The highest BCUT2D eigenvalue weighted by Gasteiger charge is 2.11. The van der Waals surface area contributed by atoms with Crippen LogP contribution in [0.25, 0.3) is 20.3 Å². The van der Waals surface area contributed by atoms with E-state index in [9.17, 15) is 4.79 Å². The molecule has 0 atom stereocenters. The molecule has 0 aliphatic rings. The normalized spacial score (nSPS) is 11.2. The zero-order chi connectivity index (χ0) is 10.4. The van der Waals surface area contributed by atoms with Gasteiger partial charge in [-0.1, -0.05) is 18.2 Å². The van der Waals surface area contributed by atoms with Crippen LogP contribution in [-0.4, -0.2) is 16.1 Å². The van der Waals surface area contributed by atoms with Crippen LogP contribution in [0.3, 0.4) is 0 Å². The standard InChI is InChI=1S/C11H7NO2S/c13-11(14)7-5-9-10(12-7)6-3-1-2-4-8(6)15-9/h1-5,12H,(H,13,14). The molecule has 0 saturated carbocycles. The van der Waals surface area contributed by atoms with Crippen molar-refractivity contribution in [3.05, 3.63) is 36.0 Å². The van der Waals surface area contributed by atoms with Crippen LogP contribution in [0.4, 0.5) is 0 Å². The van der Waals surface area contributed by atoms with E-state index in [1.807, 2.05) is 24.3 Å². The van der Waals surface area contributed by atoms with Crippen LogP contribution in [0.15, 0.2) is 30.3 Å². The highest BCUT2D eigenvalue weighted by atomic mass is 32.1. The summed E-state index contributed by atoms with van der Waals surface area (Å²) in [7, 11) is 0. The number of fused-ring (bicyclic) bond motifs is 3. The number of H-pyrrole nitrogens is 1. The predicted molar refractivity (Wildman–Crippen MR) is 60.6 cm³/mol. The number of carboxylic acids is 1. The fourth-order valence-corrected chi connectivity index (χ4v) is 2.82. The summed E-state index contributed by atoms with van der Waals surface area (Å²) in [4.78, 5) is 13.7. The number of thiophene rings is 1. The molecule has 0 aliphatic heterocycles. The van der Waals surface area contributed by atoms with Crippen molar-refractivity contribution < 1.29 is 9.90 Å². The van der Waals surface area contributed by atoms with Gasteiger partial charge in [0, 0.05) is 10.1 Å². The van der Waals surface area contributed by atoms with Gasteiger partial charge in [-0.2, -0.15) is 0 Å². The number of aromatic nitrogens is 1. The number of aromatic amines is 1. The van der Waals surface area contributed by atoms with Gasteiger partial charge >= 0.3 is 5.97 Å². The number of nitrogens with one attached hydrogen (secondary N) is 1. The van der Waals surface area contributed by atoms with Crippen molar-refractivity contribution in [2.24, 2.45) is 0 Å². The monoisotopic (exact) mass is 217 g/mol. The molecule has 3 aromatic rings. The maximum atomic E-state index is 10.8. The van der Waals surface area contributed by atoms with Crippen molar-refractivity contribution in [1.82, 2.24) is 4.98 Å². The minimum atomic E-state index is -0.914. The number of carboxylic acid groups (broad SMARTS) is 1. The molecule has 0 spiro atoms. The molecule has 3 rings (SSSR count). The molecule has 1 aromatic carbocycles. The first-order valence-electron chi connectivity index (χ1n) is 4.49. The number of benzene rings is 1. The molecule has 0 amide bonds.